The van der Waals surface area contributed by atoms with E-state index in [4.69, 9.17) is 5.11 Å². The van der Waals surface area contributed by atoms with Crippen LogP contribution in [0.1, 0.15) is 37.9 Å². The molecule has 110 valence electrons. The summed E-state index contributed by atoms with van der Waals surface area (Å²) in [6.45, 7) is 1.04. The molecule has 7 nitrogen and oxygen atoms in total. The molecule has 0 radical (unpaired) electrons. The number of hydrogen-bond donors (Lipinski definition) is 3. The lowest BCUT2D eigenvalue weighted by Gasteiger charge is -2.35. The van der Waals surface area contributed by atoms with E-state index >= 15 is 0 Å². The molecule has 0 bridgehead atoms. The van der Waals surface area contributed by atoms with Gasteiger partial charge in [0.1, 0.15) is 5.82 Å². The zero-order valence-corrected chi connectivity index (χ0v) is 11.3. The van der Waals surface area contributed by atoms with Crippen LogP contribution in [0.2, 0.25) is 0 Å². The Hall–Kier alpha value is -2.05. The minimum Gasteiger partial charge on any atom is -0.481 e. The molecule has 0 aromatic carbocycles. The average molecular weight is 280 g/mol. The predicted octanol–water partition coefficient (Wildman–Crippen LogP) is 1.34. The van der Waals surface area contributed by atoms with Gasteiger partial charge in [0.25, 0.3) is 0 Å². The lowest BCUT2D eigenvalue weighted by Crippen LogP contribution is -2.48. The van der Waals surface area contributed by atoms with E-state index in [2.05, 4.69) is 15.3 Å². The minimum atomic E-state index is -0.813. The smallest absolute Gasteiger partial charge is 0.318 e. The van der Waals surface area contributed by atoms with Crippen LogP contribution >= 0.6 is 0 Å². The molecule has 7 heteroatoms. The third-order valence-electron chi connectivity index (χ3n) is 3.54. The first-order valence-corrected chi connectivity index (χ1v) is 6.91. The van der Waals surface area contributed by atoms with Crippen LogP contribution in [0.25, 0.3) is 0 Å². The quantitative estimate of drug-likeness (QED) is 0.758. The van der Waals surface area contributed by atoms with Crippen LogP contribution < -0.4 is 5.32 Å². The highest BCUT2D eigenvalue weighted by molar-refractivity contribution is 5.74. The fourth-order valence-corrected chi connectivity index (χ4v) is 2.51. The second-order valence-electron chi connectivity index (χ2n) is 4.97. The van der Waals surface area contributed by atoms with Crippen molar-refractivity contribution in [2.45, 2.75) is 44.7 Å². The number of aromatic amines is 1. The summed E-state index contributed by atoms with van der Waals surface area (Å²) in [5.41, 5.74) is 0. The summed E-state index contributed by atoms with van der Waals surface area (Å²) < 4.78 is 0. The molecular weight excluding hydrogens is 260 g/mol. The van der Waals surface area contributed by atoms with Crippen molar-refractivity contribution < 1.29 is 14.7 Å². The van der Waals surface area contributed by atoms with Crippen LogP contribution in [-0.2, 0) is 11.3 Å². The molecule has 3 N–H and O–H groups in total. The number of aromatic nitrogens is 2. The first-order valence-electron chi connectivity index (χ1n) is 6.91. The standard InChI is InChI=1S/C13H20N4O3/c18-12(19)5-4-10-3-1-2-8-17(10)13(20)16-9-11-14-6-7-15-11/h6-7,10H,1-5,8-9H2,(H,14,15)(H,16,20)(H,18,19). The van der Waals surface area contributed by atoms with Gasteiger partial charge in [-0.25, -0.2) is 9.78 Å². The van der Waals surface area contributed by atoms with Crippen molar-refractivity contribution in [3.05, 3.63) is 18.2 Å². The van der Waals surface area contributed by atoms with Crippen LogP contribution in [-0.4, -0.2) is 44.6 Å². The van der Waals surface area contributed by atoms with Gasteiger partial charge in [-0.1, -0.05) is 0 Å². The maximum Gasteiger partial charge on any atom is 0.318 e. The van der Waals surface area contributed by atoms with Crippen molar-refractivity contribution >= 4 is 12.0 Å². The van der Waals surface area contributed by atoms with E-state index in [1.807, 2.05) is 0 Å². The van der Waals surface area contributed by atoms with Gasteiger partial charge in [-0.15, -0.1) is 0 Å². The average Bonchev–Trinajstić information content (AvgIpc) is 2.96. The zero-order valence-electron chi connectivity index (χ0n) is 11.3. The minimum absolute atomic E-state index is 0.0245. The SMILES string of the molecule is O=C(O)CCC1CCCCN1C(=O)NCc1ncc[nH]1. The number of rotatable bonds is 5. The number of carbonyl (C=O) groups is 2. The van der Waals surface area contributed by atoms with Crippen molar-refractivity contribution in [3.8, 4) is 0 Å². The molecule has 0 saturated carbocycles. The molecule has 1 aromatic rings. The van der Waals surface area contributed by atoms with Crippen molar-refractivity contribution in [3.63, 3.8) is 0 Å². The number of piperidine rings is 1. The molecule has 0 aliphatic carbocycles. The second kappa shape index (κ2) is 6.93. The van der Waals surface area contributed by atoms with Gasteiger partial charge in [0.15, 0.2) is 0 Å². The zero-order chi connectivity index (χ0) is 14.4. The summed E-state index contributed by atoms with van der Waals surface area (Å²) >= 11 is 0. The van der Waals surface area contributed by atoms with E-state index in [9.17, 15) is 9.59 Å². The molecule has 1 atom stereocenters. The largest absolute Gasteiger partial charge is 0.481 e. The number of hydrogen-bond acceptors (Lipinski definition) is 3. The summed E-state index contributed by atoms with van der Waals surface area (Å²) in [5, 5.41) is 11.6. The molecule has 2 heterocycles. The van der Waals surface area contributed by atoms with Gasteiger partial charge >= 0.3 is 12.0 Å². The van der Waals surface area contributed by atoms with Gasteiger partial charge in [0, 0.05) is 31.4 Å². The van der Waals surface area contributed by atoms with Crippen LogP contribution in [0.15, 0.2) is 12.4 Å². The maximum atomic E-state index is 12.2. The Bertz CT molecular complexity index is 446. The maximum absolute atomic E-state index is 12.2. The highest BCUT2D eigenvalue weighted by atomic mass is 16.4. The van der Waals surface area contributed by atoms with Gasteiger partial charge in [-0.2, -0.15) is 0 Å². The van der Waals surface area contributed by atoms with Gasteiger partial charge in [0.05, 0.1) is 6.54 Å². The van der Waals surface area contributed by atoms with E-state index < -0.39 is 5.97 Å². The summed E-state index contributed by atoms with van der Waals surface area (Å²) in [5.74, 6) is -0.107. The van der Waals surface area contributed by atoms with Crippen LogP contribution in [0, 0.1) is 0 Å². The fourth-order valence-electron chi connectivity index (χ4n) is 2.51. The number of carboxylic acid groups (broad SMARTS) is 1. The van der Waals surface area contributed by atoms with Gasteiger partial charge in [-0.3, -0.25) is 4.79 Å². The summed E-state index contributed by atoms with van der Waals surface area (Å²) in [7, 11) is 0. The summed E-state index contributed by atoms with van der Waals surface area (Å²) in [6, 6.07) is -0.118. The van der Waals surface area contributed by atoms with Crippen LogP contribution in [0.5, 0.6) is 0 Å². The number of H-pyrrole nitrogens is 1. The first kappa shape index (κ1) is 14.4. The second-order valence-corrected chi connectivity index (χ2v) is 4.97. The Morgan fingerprint density at radius 3 is 3.05 bits per heavy atom. The van der Waals surface area contributed by atoms with Crippen LogP contribution in [0.3, 0.4) is 0 Å². The number of carboxylic acids is 1. The molecule has 0 spiro atoms. The molecule has 2 amide bonds. The number of likely N-dealkylation sites (tertiary alicyclic amines) is 1. The summed E-state index contributed by atoms with van der Waals surface area (Å²) in [4.78, 5) is 31.6. The number of nitrogens with zero attached hydrogens (tertiary/aromatic N) is 2. The molecule has 20 heavy (non-hydrogen) atoms. The molecule has 1 aliphatic rings. The number of amides is 2. The third-order valence-corrected chi connectivity index (χ3v) is 3.54. The van der Waals surface area contributed by atoms with E-state index in [0.29, 0.717) is 25.3 Å². The lowest BCUT2D eigenvalue weighted by molar-refractivity contribution is -0.137. The molecule has 1 aromatic heterocycles. The molecule has 1 fully saturated rings. The molecule has 1 unspecified atom stereocenters. The number of urea groups is 1. The predicted molar refractivity (Wildman–Crippen MR) is 72.0 cm³/mol. The number of imidazole rings is 1. The van der Waals surface area contributed by atoms with E-state index in [1.54, 1.807) is 17.3 Å². The summed E-state index contributed by atoms with van der Waals surface area (Å²) in [6.07, 6.45) is 6.86. The Kier molecular flexibility index (Phi) is 4.97. The Morgan fingerprint density at radius 1 is 1.50 bits per heavy atom. The van der Waals surface area contributed by atoms with Crippen molar-refractivity contribution in [2.75, 3.05) is 6.54 Å². The number of carbonyl (C=O) groups excluding carboxylic acids is 1. The molecule has 2 rings (SSSR count). The van der Waals surface area contributed by atoms with Gasteiger partial charge < -0.3 is 20.3 Å². The van der Waals surface area contributed by atoms with Crippen molar-refractivity contribution in [1.82, 2.24) is 20.2 Å². The molecule has 1 aliphatic heterocycles. The van der Waals surface area contributed by atoms with E-state index in [-0.39, 0.29) is 18.5 Å². The monoisotopic (exact) mass is 280 g/mol. The van der Waals surface area contributed by atoms with E-state index in [1.165, 1.54) is 0 Å². The van der Waals surface area contributed by atoms with Crippen molar-refractivity contribution in [1.29, 1.82) is 0 Å². The number of aliphatic carboxylic acids is 1. The van der Waals surface area contributed by atoms with Crippen LogP contribution in [0.4, 0.5) is 4.79 Å². The van der Waals surface area contributed by atoms with Crippen molar-refractivity contribution in [2.24, 2.45) is 0 Å². The first-order chi connectivity index (χ1) is 9.66. The molecular formula is C13H20N4O3. The Morgan fingerprint density at radius 2 is 2.35 bits per heavy atom. The Balaban J connectivity index is 1.86. The fraction of sp³-hybridized carbons (Fsp3) is 0.615. The van der Waals surface area contributed by atoms with Gasteiger partial charge in [0.2, 0.25) is 0 Å². The normalized spacial score (nSPS) is 18.8. The highest BCUT2D eigenvalue weighted by Crippen LogP contribution is 2.20. The highest BCUT2D eigenvalue weighted by Gasteiger charge is 2.26. The topological polar surface area (TPSA) is 98.3 Å². The van der Waals surface area contributed by atoms with E-state index in [0.717, 1.165) is 19.3 Å². The Labute approximate surface area is 117 Å². The third kappa shape index (κ3) is 3.97. The molecule has 1 saturated heterocycles. The number of nitrogens with one attached hydrogen (secondary N) is 2. The van der Waals surface area contributed by atoms with Gasteiger partial charge in [-0.05, 0) is 25.7 Å². The lowest BCUT2D eigenvalue weighted by atomic mass is 9.98.